The second-order valence-corrected chi connectivity index (χ2v) is 5.76. The molecule has 0 bridgehead atoms. The van der Waals surface area contributed by atoms with Gasteiger partial charge >= 0.3 is 5.97 Å². The Bertz CT molecular complexity index is 268. The molecule has 0 heterocycles. The van der Waals surface area contributed by atoms with Crippen molar-refractivity contribution in [2.45, 2.75) is 32.8 Å². The van der Waals surface area contributed by atoms with Gasteiger partial charge < -0.3 is 19.1 Å². The number of hydrogen-bond donors (Lipinski definition) is 0. The maximum atomic E-state index is 11.5. The summed E-state index contributed by atoms with van der Waals surface area (Å²) in [5.41, 5.74) is 0. The van der Waals surface area contributed by atoms with Crippen LogP contribution in [0.4, 0.5) is 0 Å². The summed E-state index contributed by atoms with van der Waals surface area (Å²) in [6, 6.07) is 0. The summed E-state index contributed by atoms with van der Waals surface area (Å²) in [5.74, 6) is -1.34. The fourth-order valence-electron chi connectivity index (χ4n) is 1.51. The summed E-state index contributed by atoms with van der Waals surface area (Å²) in [6.07, 6.45) is -0.564. The molecule has 0 aromatic heterocycles. The minimum absolute atomic E-state index is 0.204. The highest BCUT2D eigenvalue weighted by molar-refractivity contribution is 5.71. The summed E-state index contributed by atoms with van der Waals surface area (Å²) >= 11 is 0. The standard InChI is InChI=1S/C12H23NO4/c1-9(2)6-12(16)17-10(7-11(14)15)8-13(3,4)5/h9-10H,6-8H2,1-5H3. The lowest BCUT2D eigenvalue weighted by Crippen LogP contribution is -2.45. The average Bonchev–Trinajstić information content (AvgIpc) is 1.95. The molecule has 0 aliphatic rings. The van der Waals surface area contributed by atoms with Crippen molar-refractivity contribution < 1.29 is 23.9 Å². The topological polar surface area (TPSA) is 66.4 Å². The Labute approximate surface area is 103 Å². The highest BCUT2D eigenvalue weighted by Gasteiger charge is 2.22. The SMILES string of the molecule is CC(C)CC(=O)OC(CC(=O)[O-])C[N+](C)(C)C. The number of esters is 1. The van der Waals surface area contributed by atoms with E-state index in [1.54, 1.807) is 0 Å². The van der Waals surface area contributed by atoms with E-state index >= 15 is 0 Å². The Hall–Kier alpha value is -1.10. The molecule has 0 fully saturated rings. The Morgan fingerprint density at radius 3 is 2.06 bits per heavy atom. The first-order valence-electron chi connectivity index (χ1n) is 5.80. The first-order valence-corrected chi connectivity index (χ1v) is 5.80. The van der Waals surface area contributed by atoms with Crippen molar-refractivity contribution in [1.82, 2.24) is 0 Å². The number of rotatable bonds is 7. The van der Waals surface area contributed by atoms with E-state index in [1.807, 2.05) is 35.0 Å². The summed E-state index contributed by atoms with van der Waals surface area (Å²) in [6.45, 7) is 4.28. The molecular formula is C12H23NO4. The lowest BCUT2D eigenvalue weighted by Gasteiger charge is -2.29. The van der Waals surface area contributed by atoms with Crippen LogP contribution < -0.4 is 5.11 Å². The predicted molar refractivity (Wildman–Crippen MR) is 61.9 cm³/mol. The van der Waals surface area contributed by atoms with Crippen LogP contribution in [0.3, 0.4) is 0 Å². The van der Waals surface area contributed by atoms with Gasteiger partial charge in [-0.2, -0.15) is 0 Å². The van der Waals surface area contributed by atoms with E-state index in [1.165, 1.54) is 0 Å². The summed E-state index contributed by atoms with van der Waals surface area (Å²) in [5, 5.41) is 10.6. The van der Waals surface area contributed by atoms with Gasteiger partial charge in [-0.25, -0.2) is 0 Å². The number of likely N-dealkylation sites (N-methyl/N-ethyl adjacent to an activating group) is 1. The smallest absolute Gasteiger partial charge is 0.306 e. The molecule has 0 aliphatic carbocycles. The Morgan fingerprint density at radius 2 is 1.71 bits per heavy atom. The highest BCUT2D eigenvalue weighted by Crippen LogP contribution is 2.08. The van der Waals surface area contributed by atoms with E-state index < -0.39 is 12.1 Å². The van der Waals surface area contributed by atoms with Crippen molar-refractivity contribution in [3.8, 4) is 0 Å². The Kier molecular flexibility index (Phi) is 6.16. The molecule has 0 aromatic carbocycles. The van der Waals surface area contributed by atoms with Crippen LogP contribution in [0.15, 0.2) is 0 Å². The zero-order chi connectivity index (χ0) is 13.6. The minimum atomic E-state index is -1.19. The van der Waals surface area contributed by atoms with Crippen molar-refractivity contribution in [3.05, 3.63) is 0 Å². The van der Waals surface area contributed by atoms with E-state index in [4.69, 9.17) is 4.74 Å². The van der Waals surface area contributed by atoms with E-state index in [0.29, 0.717) is 17.4 Å². The molecule has 5 nitrogen and oxygen atoms in total. The van der Waals surface area contributed by atoms with Gasteiger partial charge in [0.05, 0.1) is 21.1 Å². The predicted octanol–water partition coefficient (Wildman–Crippen LogP) is -0.209. The third kappa shape index (κ3) is 9.81. The molecule has 1 atom stereocenters. The number of carboxylic acid groups (broad SMARTS) is 1. The van der Waals surface area contributed by atoms with Crippen molar-refractivity contribution in [3.63, 3.8) is 0 Å². The van der Waals surface area contributed by atoms with Gasteiger partial charge in [0.15, 0.2) is 6.10 Å². The second-order valence-electron chi connectivity index (χ2n) is 5.76. The number of hydrogen-bond acceptors (Lipinski definition) is 4. The molecule has 0 radical (unpaired) electrons. The molecule has 1 unspecified atom stereocenters. The number of nitrogens with zero attached hydrogens (tertiary/aromatic N) is 1. The van der Waals surface area contributed by atoms with Crippen LogP contribution in [-0.2, 0) is 14.3 Å². The second kappa shape index (κ2) is 6.59. The van der Waals surface area contributed by atoms with E-state index in [2.05, 4.69) is 0 Å². The molecule has 0 saturated heterocycles. The van der Waals surface area contributed by atoms with Crippen molar-refractivity contribution in [2.75, 3.05) is 27.7 Å². The van der Waals surface area contributed by atoms with Crippen LogP contribution in [0, 0.1) is 5.92 Å². The van der Waals surface area contributed by atoms with Gasteiger partial charge in [-0.15, -0.1) is 0 Å². The summed E-state index contributed by atoms with van der Waals surface area (Å²) in [4.78, 5) is 22.1. The molecule has 0 rings (SSSR count). The van der Waals surface area contributed by atoms with E-state index in [0.717, 1.165) is 0 Å². The Morgan fingerprint density at radius 1 is 1.18 bits per heavy atom. The number of aliphatic carboxylic acids is 1. The third-order valence-electron chi connectivity index (χ3n) is 2.02. The molecule has 5 heteroatoms. The Balaban J connectivity index is 4.38. The molecule has 0 spiro atoms. The fraction of sp³-hybridized carbons (Fsp3) is 0.833. The molecule has 0 amide bonds. The number of carbonyl (C=O) groups is 2. The molecule has 17 heavy (non-hydrogen) atoms. The van der Waals surface area contributed by atoms with Gasteiger partial charge in [0.2, 0.25) is 0 Å². The maximum Gasteiger partial charge on any atom is 0.306 e. The zero-order valence-corrected chi connectivity index (χ0v) is 11.4. The lowest BCUT2D eigenvalue weighted by molar-refractivity contribution is -0.873. The largest absolute Gasteiger partial charge is 0.550 e. The van der Waals surface area contributed by atoms with Crippen molar-refractivity contribution >= 4 is 11.9 Å². The van der Waals surface area contributed by atoms with Gasteiger partial charge in [0, 0.05) is 18.8 Å². The quantitative estimate of drug-likeness (QED) is 0.460. The average molecular weight is 245 g/mol. The van der Waals surface area contributed by atoms with Gasteiger partial charge in [0.25, 0.3) is 0 Å². The highest BCUT2D eigenvalue weighted by atomic mass is 16.5. The van der Waals surface area contributed by atoms with E-state index in [9.17, 15) is 14.7 Å². The van der Waals surface area contributed by atoms with Gasteiger partial charge in [-0.3, -0.25) is 4.79 Å². The molecule has 0 saturated carbocycles. The van der Waals surface area contributed by atoms with Gasteiger partial charge in [0.1, 0.15) is 6.54 Å². The lowest BCUT2D eigenvalue weighted by atomic mass is 10.1. The molecule has 0 N–H and O–H groups in total. The number of ether oxygens (including phenoxy) is 1. The fourth-order valence-corrected chi connectivity index (χ4v) is 1.51. The molecular weight excluding hydrogens is 222 g/mol. The van der Waals surface area contributed by atoms with Crippen LogP contribution in [-0.4, -0.2) is 50.2 Å². The van der Waals surface area contributed by atoms with Crippen molar-refractivity contribution in [1.29, 1.82) is 0 Å². The normalized spacial score (nSPS) is 13.5. The zero-order valence-electron chi connectivity index (χ0n) is 11.4. The minimum Gasteiger partial charge on any atom is -0.550 e. The van der Waals surface area contributed by atoms with Crippen molar-refractivity contribution in [2.24, 2.45) is 5.92 Å². The van der Waals surface area contributed by atoms with Gasteiger partial charge in [-0.1, -0.05) is 13.8 Å². The van der Waals surface area contributed by atoms with Crippen LogP contribution >= 0.6 is 0 Å². The molecule has 100 valence electrons. The van der Waals surface area contributed by atoms with Crippen LogP contribution in [0.5, 0.6) is 0 Å². The summed E-state index contributed by atoms with van der Waals surface area (Å²) < 4.78 is 5.71. The van der Waals surface area contributed by atoms with Crippen LogP contribution in [0.25, 0.3) is 0 Å². The van der Waals surface area contributed by atoms with Crippen LogP contribution in [0.1, 0.15) is 26.7 Å². The summed E-state index contributed by atoms with van der Waals surface area (Å²) in [7, 11) is 5.75. The molecule has 0 aromatic rings. The van der Waals surface area contributed by atoms with E-state index in [-0.39, 0.29) is 18.3 Å². The monoisotopic (exact) mass is 245 g/mol. The number of carboxylic acids is 1. The van der Waals surface area contributed by atoms with Gasteiger partial charge in [-0.05, 0) is 5.92 Å². The number of carbonyl (C=O) groups excluding carboxylic acids is 2. The first-order chi connectivity index (χ1) is 7.60. The van der Waals surface area contributed by atoms with Crippen LogP contribution in [0.2, 0.25) is 0 Å². The molecule has 0 aliphatic heterocycles. The first kappa shape index (κ1) is 15.9. The number of quaternary nitrogens is 1. The third-order valence-corrected chi connectivity index (χ3v) is 2.02. The maximum absolute atomic E-state index is 11.5.